The maximum Gasteiger partial charge on any atom is 0.226 e. The minimum absolute atomic E-state index is 0.644. The fourth-order valence-electron chi connectivity index (χ4n) is 1.91. The van der Waals surface area contributed by atoms with Crippen LogP contribution in [-0.2, 0) is 12.8 Å². The number of fused-ring (bicyclic) bond motifs is 1. The van der Waals surface area contributed by atoms with Gasteiger partial charge in [-0.2, -0.15) is 0 Å². The van der Waals surface area contributed by atoms with E-state index in [1.54, 1.807) is 0 Å². The Morgan fingerprint density at radius 2 is 1.80 bits per heavy atom. The average Bonchev–Trinajstić information content (AvgIpc) is 2.42. The summed E-state index contributed by atoms with van der Waals surface area (Å²) in [6.45, 7) is 0. The summed E-state index contributed by atoms with van der Waals surface area (Å²) in [6, 6.07) is 0. The van der Waals surface area contributed by atoms with E-state index in [9.17, 15) is 0 Å². The molecule has 0 aliphatic heterocycles. The Hall–Kier alpha value is -0.830. The van der Waals surface area contributed by atoms with E-state index in [1.165, 1.54) is 24.8 Å². The zero-order valence-electron chi connectivity index (χ0n) is 9.26. The predicted molar refractivity (Wildman–Crippen MR) is 62.6 cm³/mol. The van der Waals surface area contributed by atoms with Crippen LogP contribution in [0.2, 0.25) is 5.15 Å². The summed E-state index contributed by atoms with van der Waals surface area (Å²) in [6.07, 6.45) is 5.76. The molecule has 4 heteroatoms. The maximum absolute atomic E-state index is 6.19. The number of halogens is 1. The van der Waals surface area contributed by atoms with Crippen molar-refractivity contribution in [2.24, 2.45) is 0 Å². The highest BCUT2D eigenvalue weighted by Gasteiger charge is 2.15. The number of rotatable bonds is 1. The van der Waals surface area contributed by atoms with Crippen LogP contribution >= 0.6 is 11.6 Å². The van der Waals surface area contributed by atoms with Crippen LogP contribution in [0.15, 0.2) is 0 Å². The Morgan fingerprint density at radius 1 is 1.07 bits per heavy atom. The second-order valence-electron chi connectivity index (χ2n) is 4.19. The average molecular weight is 226 g/mol. The summed E-state index contributed by atoms with van der Waals surface area (Å²) in [5.74, 6) is 0.723. The Labute approximate surface area is 95.5 Å². The predicted octanol–water partition coefficient (Wildman–Crippen LogP) is 2.46. The minimum Gasteiger partial charge on any atom is -0.347 e. The fourth-order valence-corrected chi connectivity index (χ4v) is 2.19. The van der Waals surface area contributed by atoms with E-state index in [2.05, 4.69) is 9.97 Å². The molecule has 0 atom stereocenters. The van der Waals surface area contributed by atoms with Crippen LogP contribution in [0.5, 0.6) is 0 Å². The van der Waals surface area contributed by atoms with Crippen molar-refractivity contribution >= 4 is 17.5 Å². The van der Waals surface area contributed by atoms with Gasteiger partial charge in [0, 0.05) is 19.7 Å². The molecular weight excluding hydrogens is 210 g/mol. The lowest BCUT2D eigenvalue weighted by atomic mass is 10.1. The first-order valence-electron chi connectivity index (χ1n) is 5.41. The third kappa shape index (κ3) is 2.23. The van der Waals surface area contributed by atoms with Crippen molar-refractivity contribution in [3.8, 4) is 0 Å². The third-order valence-corrected chi connectivity index (χ3v) is 3.08. The van der Waals surface area contributed by atoms with Gasteiger partial charge in [-0.15, -0.1) is 0 Å². The van der Waals surface area contributed by atoms with Gasteiger partial charge in [0.2, 0.25) is 5.95 Å². The molecule has 1 aromatic heterocycles. The molecule has 1 aliphatic carbocycles. The molecule has 0 saturated carbocycles. The Bertz CT molecular complexity index is 363. The smallest absolute Gasteiger partial charge is 0.226 e. The molecule has 0 spiro atoms. The van der Waals surface area contributed by atoms with Gasteiger partial charge in [-0.25, -0.2) is 9.97 Å². The van der Waals surface area contributed by atoms with Crippen molar-refractivity contribution in [1.82, 2.24) is 9.97 Å². The van der Waals surface area contributed by atoms with E-state index in [1.807, 2.05) is 19.0 Å². The van der Waals surface area contributed by atoms with E-state index < -0.39 is 0 Å². The van der Waals surface area contributed by atoms with E-state index in [4.69, 9.17) is 11.6 Å². The summed E-state index contributed by atoms with van der Waals surface area (Å²) >= 11 is 6.19. The molecule has 3 nitrogen and oxygen atoms in total. The number of nitrogens with zero attached hydrogens (tertiary/aromatic N) is 3. The molecule has 1 aliphatic rings. The number of hydrogen-bond acceptors (Lipinski definition) is 3. The van der Waals surface area contributed by atoms with Crippen molar-refractivity contribution in [1.29, 1.82) is 0 Å². The van der Waals surface area contributed by atoms with Crippen LogP contribution in [0.4, 0.5) is 5.95 Å². The summed E-state index contributed by atoms with van der Waals surface area (Å²) in [5, 5.41) is 0.644. The Morgan fingerprint density at radius 3 is 2.53 bits per heavy atom. The molecule has 0 amide bonds. The van der Waals surface area contributed by atoms with Gasteiger partial charge in [0.1, 0.15) is 5.15 Å². The number of aromatic nitrogens is 2. The fraction of sp³-hybridized carbons (Fsp3) is 0.636. The quantitative estimate of drug-likeness (QED) is 0.543. The van der Waals surface area contributed by atoms with Gasteiger partial charge >= 0.3 is 0 Å². The molecular formula is C11H16ClN3. The molecule has 0 aromatic carbocycles. The lowest BCUT2D eigenvalue weighted by molar-refractivity contribution is 0.708. The monoisotopic (exact) mass is 225 g/mol. The lowest BCUT2D eigenvalue weighted by Crippen LogP contribution is -2.15. The van der Waals surface area contributed by atoms with Crippen LogP contribution < -0.4 is 4.90 Å². The number of aryl methyl sites for hydroxylation is 1. The van der Waals surface area contributed by atoms with Crippen molar-refractivity contribution < 1.29 is 0 Å². The standard InChI is InChI=1S/C11H16ClN3/c1-15(2)11-13-9-7-5-3-4-6-8(9)10(12)14-11/h3-7H2,1-2H3. The second-order valence-corrected chi connectivity index (χ2v) is 4.55. The number of anilines is 1. The molecule has 0 N–H and O–H groups in total. The van der Waals surface area contributed by atoms with Crippen LogP contribution in [0.1, 0.15) is 30.5 Å². The first-order valence-corrected chi connectivity index (χ1v) is 5.79. The van der Waals surface area contributed by atoms with Gasteiger partial charge in [-0.1, -0.05) is 18.0 Å². The van der Waals surface area contributed by atoms with Crippen LogP contribution in [0, 0.1) is 0 Å². The van der Waals surface area contributed by atoms with E-state index >= 15 is 0 Å². The molecule has 0 bridgehead atoms. The molecule has 15 heavy (non-hydrogen) atoms. The molecule has 0 fully saturated rings. The molecule has 0 radical (unpaired) electrons. The highest BCUT2D eigenvalue weighted by molar-refractivity contribution is 6.30. The lowest BCUT2D eigenvalue weighted by Gasteiger charge is -2.14. The minimum atomic E-state index is 0.644. The van der Waals surface area contributed by atoms with Crippen molar-refractivity contribution in [3.05, 3.63) is 16.4 Å². The van der Waals surface area contributed by atoms with Crippen molar-refractivity contribution in [3.63, 3.8) is 0 Å². The summed E-state index contributed by atoms with van der Waals surface area (Å²) in [4.78, 5) is 10.8. The highest BCUT2D eigenvalue weighted by atomic mass is 35.5. The first kappa shape index (κ1) is 10.7. The molecule has 1 heterocycles. The zero-order valence-corrected chi connectivity index (χ0v) is 10.0. The largest absolute Gasteiger partial charge is 0.347 e. The first-order chi connectivity index (χ1) is 7.18. The summed E-state index contributed by atoms with van der Waals surface area (Å²) in [5.41, 5.74) is 2.32. The number of hydrogen-bond donors (Lipinski definition) is 0. The van der Waals surface area contributed by atoms with Crippen LogP contribution in [-0.4, -0.2) is 24.1 Å². The Kier molecular flexibility index (Phi) is 3.10. The van der Waals surface area contributed by atoms with E-state index in [0.717, 1.165) is 24.5 Å². The van der Waals surface area contributed by atoms with Crippen molar-refractivity contribution in [2.45, 2.75) is 32.1 Å². The molecule has 82 valence electrons. The topological polar surface area (TPSA) is 29.0 Å². The van der Waals surface area contributed by atoms with Gasteiger partial charge in [0.25, 0.3) is 0 Å². The molecule has 1 aromatic rings. The SMILES string of the molecule is CN(C)c1nc(Cl)c2c(n1)CCCCC2. The van der Waals surface area contributed by atoms with Crippen LogP contribution in [0.3, 0.4) is 0 Å². The summed E-state index contributed by atoms with van der Waals surface area (Å²) in [7, 11) is 3.88. The van der Waals surface area contributed by atoms with Gasteiger partial charge in [0.05, 0.1) is 5.69 Å². The molecule has 0 unspecified atom stereocenters. The third-order valence-electron chi connectivity index (χ3n) is 2.77. The maximum atomic E-state index is 6.19. The highest BCUT2D eigenvalue weighted by Crippen LogP contribution is 2.26. The van der Waals surface area contributed by atoms with Gasteiger partial charge in [-0.3, -0.25) is 0 Å². The van der Waals surface area contributed by atoms with E-state index in [-0.39, 0.29) is 0 Å². The molecule has 2 rings (SSSR count). The Balaban J connectivity index is 2.44. The van der Waals surface area contributed by atoms with Gasteiger partial charge in [-0.05, 0) is 25.7 Å². The van der Waals surface area contributed by atoms with Crippen LogP contribution in [0.25, 0.3) is 0 Å². The molecule has 0 saturated heterocycles. The second kappa shape index (κ2) is 4.35. The zero-order chi connectivity index (χ0) is 10.8. The van der Waals surface area contributed by atoms with Gasteiger partial charge in [0.15, 0.2) is 0 Å². The van der Waals surface area contributed by atoms with E-state index in [0.29, 0.717) is 5.15 Å². The van der Waals surface area contributed by atoms with Crippen molar-refractivity contribution in [2.75, 3.05) is 19.0 Å². The normalized spacial score (nSPS) is 15.7. The van der Waals surface area contributed by atoms with Gasteiger partial charge < -0.3 is 4.90 Å². The summed E-state index contributed by atoms with van der Waals surface area (Å²) < 4.78 is 0.